The van der Waals surface area contributed by atoms with E-state index in [0.29, 0.717) is 11.1 Å². The summed E-state index contributed by atoms with van der Waals surface area (Å²) in [7, 11) is 0. The fraction of sp³-hybridized carbons (Fsp3) is 0.368. The molecule has 2 aromatic rings. The molecule has 0 radical (unpaired) electrons. The molecular formula is C19H21NO2. The Balaban J connectivity index is 2.06. The van der Waals surface area contributed by atoms with Crippen LogP contribution in [0, 0.1) is 0 Å². The van der Waals surface area contributed by atoms with Gasteiger partial charge in [0.15, 0.2) is 0 Å². The van der Waals surface area contributed by atoms with E-state index >= 15 is 0 Å². The van der Waals surface area contributed by atoms with Crippen LogP contribution in [0.1, 0.15) is 62.0 Å². The van der Waals surface area contributed by atoms with Crippen LogP contribution in [0.2, 0.25) is 0 Å². The van der Waals surface area contributed by atoms with Gasteiger partial charge in [0.05, 0.1) is 11.3 Å². The fourth-order valence-corrected chi connectivity index (χ4v) is 3.25. The number of hydrogen-bond donors (Lipinski definition) is 1. The molecule has 0 unspecified atom stereocenters. The van der Waals surface area contributed by atoms with Gasteiger partial charge in [0.25, 0.3) is 0 Å². The molecule has 0 aliphatic heterocycles. The van der Waals surface area contributed by atoms with Crippen molar-refractivity contribution >= 4 is 28.0 Å². The van der Waals surface area contributed by atoms with Gasteiger partial charge in [-0.25, -0.2) is 0 Å². The maximum Gasteiger partial charge on any atom is 0.235 e. The van der Waals surface area contributed by atoms with Crippen LogP contribution in [0.5, 0.6) is 0 Å². The highest BCUT2D eigenvalue weighted by Gasteiger charge is 2.33. The molecule has 22 heavy (non-hydrogen) atoms. The van der Waals surface area contributed by atoms with Crippen molar-refractivity contribution in [2.75, 3.05) is 0 Å². The molecule has 1 N–H and O–H groups in total. The van der Waals surface area contributed by atoms with E-state index < -0.39 is 0 Å². The van der Waals surface area contributed by atoms with Crippen molar-refractivity contribution in [1.82, 2.24) is 4.98 Å². The lowest BCUT2D eigenvalue weighted by atomic mass is 9.85. The van der Waals surface area contributed by atoms with Crippen LogP contribution in [-0.2, 0) is 4.79 Å². The lowest BCUT2D eigenvalue weighted by Crippen LogP contribution is -2.22. The summed E-state index contributed by atoms with van der Waals surface area (Å²) in [5.74, 6) is -0.718. The fourth-order valence-electron chi connectivity index (χ4n) is 3.25. The number of allylic oxidation sites excluding steroid dienone is 2. The molecule has 114 valence electrons. The molecule has 0 bridgehead atoms. The SMILES string of the molecule is CCCCCCC1=C(C)C(=O)C(=O)c2c1[nH]c1ccccc21. The monoisotopic (exact) mass is 295 g/mol. The van der Waals surface area contributed by atoms with Crippen molar-refractivity contribution in [3.63, 3.8) is 0 Å². The number of ketones is 2. The van der Waals surface area contributed by atoms with E-state index in [1.165, 1.54) is 12.8 Å². The Bertz CT molecular complexity index is 780. The summed E-state index contributed by atoms with van der Waals surface area (Å²) in [5.41, 5.74) is 3.98. The molecule has 1 aromatic carbocycles. The van der Waals surface area contributed by atoms with E-state index in [9.17, 15) is 9.59 Å². The third-order valence-electron chi connectivity index (χ3n) is 4.51. The van der Waals surface area contributed by atoms with Gasteiger partial charge in [0, 0.05) is 16.5 Å². The number of hydrogen-bond acceptors (Lipinski definition) is 2. The highest BCUT2D eigenvalue weighted by molar-refractivity contribution is 6.54. The third-order valence-corrected chi connectivity index (χ3v) is 4.51. The number of nitrogens with one attached hydrogen (secondary N) is 1. The van der Waals surface area contributed by atoms with Gasteiger partial charge in [-0.05, 0) is 31.4 Å². The van der Waals surface area contributed by atoms with Crippen LogP contribution in [-0.4, -0.2) is 16.6 Å². The summed E-state index contributed by atoms with van der Waals surface area (Å²) in [6.07, 6.45) is 5.46. The van der Waals surface area contributed by atoms with E-state index in [4.69, 9.17) is 0 Å². The number of para-hydroxylation sites is 1. The molecule has 0 fully saturated rings. The quantitative estimate of drug-likeness (QED) is 0.643. The summed E-state index contributed by atoms with van der Waals surface area (Å²) < 4.78 is 0. The minimum atomic E-state index is -0.373. The maximum absolute atomic E-state index is 12.4. The zero-order valence-electron chi connectivity index (χ0n) is 13.2. The molecule has 0 saturated heterocycles. The second-order valence-electron chi connectivity index (χ2n) is 5.99. The molecule has 0 spiro atoms. The van der Waals surface area contributed by atoms with E-state index in [0.717, 1.165) is 41.4 Å². The molecule has 1 heterocycles. The van der Waals surface area contributed by atoms with Crippen LogP contribution in [0.25, 0.3) is 16.5 Å². The van der Waals surface area contributed by atoms with Gasteiger partial charge in [-0.3, -0.25) is 9.59 Å². The van der Waals surface area contributed by atoms with Crippen molar-refractivity contribution in [3.05, 3.63) is 41.1 Å². The lowest BCUT2D eigenvalue weighted by molar-refractivity contribution is -0.111. The van der Waals surface area contributed by atoms with Gasteiger partial charge in [-0.2, -0.15) is 0 Å². The minimum absolute atomic E-state index is 0.345. The number of aromatic amines is 1. The largest absolute Gasteiger partial charge is 0.354 e. The summed E-state index contributed by atoms with van der Waals surface area (Å²) in [4.78, 5) is 28.1. The maximum atomic E-state index is 12.4. The Hall–Kier alpha value is -2.16. The van der Waals surface area contributed by atoms with Crippen molar-refractivity contribution in [2.24, 2.45) is 0 Å². The van der Waals surface area contributed by atoms with Crippen LogP contribution in [0.4, 0.5) is 0 Å². The second kappa shape index (κ2) is 5.91. The number of H-pyrrole nitrogens is 1. The molecule has 3 rings (SSSR count). The van der Waals surface area contributed by atoms with E-state index in [-0.39, 0.29) is 11.6 Å². The molecule has 0 amide bonds. The lowest BCUT2D eigenvalue weighted by Gasteiger charge is -2.17. The number of rotatable bonds is 5. The number of carbonyl (C=O) groups is 2. The first kappa shape index (κ1) is 14.8. The minimum Gasteiger partial charge on any atom is -0.354 e. The van der Waals surface area contributed by atoms with Crippen molar-refractivity contribution in [3.8, 4) is 0 Å². The molecule has 3 nitrogen and oxygen atoms in total. The average molecular weight is 295 g/mol. The molecule has 0 atom stereocenters. The Morgan fingerprint density at radius 1 is 1.00 bits per heavy atom. The predicted octanol–water partition coefficient (Wildman–Crippen LogP) is 4.68. The van der Waals surface area contributed by atoms with Crippen LogP contribution < -0.4 is 0 Å². The molecule has 1 aliphatic rings. The van der Waals surface area contributed by atoms with Crippen LogP contribution >= 0.6 is 0 Å². The van der Waals surface area contributed by atoms with Gasteiger partial charge in [-0.15, -0.1) is 0 Å². The molecule has 3 heteroatoms. The summed E-state index contributed by atoms with van der Waals surface area (Å²) in [6.45, 7) is 3.97. The normalized spacial score (nSPS) is 14.8. The number of benzene rings is 1. The molecule has 1 aliphatic carbocycles. The van der Waals surface area contributed by atoms with E-state index in [1.54, 1.807) is 6.92 Å². The Labute approximate surface area is 130 Å². The van der Waals surface area contributed by atoms with E-state index in [1.807, 2.05) is 24.3 Å². The second-order valence-corrected chi connectivity index (χ2v) is 5.99. The molecule has 0 saturated carbocycles. The topological polar surface area (TPSA) is 49.9 Å². The van der Waals surface area contributed by atoms with Gasteiger partial charge >= 0.3 is 0 Å². The number of Topliss-reactive ketones (excluding diaryl/α,β-unsaturated/α-hetero) is 2. The number of aromatic nitrogens is 1. The Morgan fingerprint density at radius 2 is 1.77 bits per heavy atom. The van der Waals surface area contributed by atoms with Gasteiger partial charge < -0.3 is 4.98 Å². The van der Waals surface area contributed by atoms with Gasteiger partial charge in [-0.1, -0.05) is 44.4 Å². The zero-order valence-corrected chi connectivity index (χ0v) is 13.2. The van der Waals surface area contributed by atoms with E-state index in [2.05, 4.69) is 11.9 Å². The smallest absolute Gasteiger partial charge is 0.235 e. The number of carbonyl (C=O) groups excluding carboxylic acids is 2. The highest BCUT2D eigenvalue weighted by atomic mass is 16.2. The van der Waals surface area contributed by atoms with Gasteiger partial charge in [0.2, 0.25) is 11.6 Å². The van der Waals surface area contributed by atoms with Gasteiger partial charge in [0.1, 0.15) is 0 Å². The summed E-state index contributed by atoms with van der Waals surface area (Å²) in [5, 5.41) is 0.856. The average Bonchev–Trinajstić information content (AvgIpc) is 2.91. The van der Waals surface area contributed by atoms with Crippen molar-refractivity contribution < 1.29 is 9.59 Å². The third kappa shape index (κ3) is 2.31. The summed E-state index contributed by atoms with van der Waals surface area (Å²) >= 11 is 0. The molecule has 1 aromatic heterocycles. The van der Waals surface area contributed by atoms with Crippen LogP contribution in [0.15, 0.2) is 29.8 Å². The standard InChI is InChI=1S/C19H21NO2/c1-3-4-5-6-9-13-12(2)18(21)19(22)16-14-10-7-8-11-15(14)20-17(13)16/h7-8,10-11,20H,3-6,9H2,1-2H3. The first-order chi connectivity index (χ1) is 10.6. The number of unbranched alkanes of at least 4 members (excludes halogenated alkanes) is 3. The molecular weight excluding hydrogens is 274 g/mol. The highest BCUT2D eigenvalue weighted by Crippen LogP contribution is 2.36. The zero-order chi connectivity index (χ0) is 15.7. The van der Waals surface area contributed by atoms with Crippen molar-refractivity contribution in [2.45, 2.75) is 46.0 Å². The van der Waals surface area contributed by atoms with Crippen molar-refractivity contribution in [1.29, 1.82) is 0 Å². The Morgan fingerprint density at radius 3 is 2.55 bits per heavy atom. The first-order valence-electron chi connectivity index (χ1n) is 8.05. The predicted molar refractivity (Wildman–Crippen MR) is 89.0 cm³/mol. The number of fused-ring (bicyclic) bond motifs is 3. The van der Waals surface area contributed by atoms with Crippen LogP contribution in [0.3, 0.4) is 0 Å². The summed E-state index contributed by atoms with van der Waals surface area (Å²) in [6, 6.07) is 7.70. The Kier molecular flexibility index (Phi) is 3.97. The first-order valence-corrected chi connectivity index (χ1v) is 8.05.